The molecule has 15 heavy (non-hydrogen) atoms. The summed E-state index contributed by atoms with van der Waals surface area (Å²) in [7, 11) is 0. The van der Waals surface area contributed by atoms with Crippen molar-refractivity contribution in [2.24, 2.45) is 0 Å². The van der Waals surface area contributed by atoms with Crippen LogP contribution in [0.2, 0.25) is 0 Å². The number of hydrogen-bond acceptors (Lipinski definition) is 4. The number of rotatable bonds is 1. The van der Waals surface area contributed by atoms with Crippen LogP contribution in [0.4, 0.5) is 0 Å². The fourth-order valence-corrected chi connectivity index (χ4v) is 1.89. The Kier molecular flexibility index (Phi) is 2.54. The summed E-state index contributed by atoms with van der Waals surface area (Å²) in [6, 6.07) is 0.443. The summed E-state index contributed by atoms with van der Waals surface area (Å²) < 4.78 is 5.34. The maximum Gasteiger partial charge on any atom is 0.231 e. The van der Waals surface area contributed by atoms with Gasteiger partial charge in [0.1, 0.15) is 0 Å². The van der Waals surface area contributed by atoms with Gasteiger partial charge in [0.25, 0.3) is 0 Å². The first-order valence-corrected chi connectivity index (χ1v) is 5.56. The number of aromatic nitrogens is 2. The molecule has 1 N–H and O–H groups in total. The molecule has 2 unspecified atom stereocenters. The Bertz CT molecular complexity index is 340. The molecule has 0 saturated carbocycles. The van der Waals surface area contributed by atoms with Crippen molar-refractivity contribution in [1.29, 1.82) is 0 Å². The minimum Gasteiger partial charge on any atom is -0.339 e. The topological polar surface area (TPSA) is 51.0 Å². The zero-order valence-corrected chi connectivity index (χ0v) is 9.87. The van der Waals surface area contributed by atoms with Crippen LogP contribution in [-0.4, -0.2) is 22.7 Å². The first-order valence-electron chi connectivity index (χ1n) is 5.56. The highest BCUT2D eigenvalue weighted by molar-refractivity contribution is 5.06. The van der Waals surface area contributed by atoms with Crippen LogP contribution in [0, 0.1) is 0 Å². The number of hydrogen-bond donors (Lipinski definition) is 1. The molecule has 2 rings (SSSR count). The van der Waals surface area contributed by atoms with E-state index in [-0.39, 0.29) is 5.41 Å². The lowest BCUT2D eigenvalue weighted by molar-refractivity contribution is 0.336. The summed E-state index contributed by atoms with van der Waals surface area (Å²) in [6.45, 7) is 9.49. The summed E-state index contributed by atoms with van der Waals surface area (Å²) in [5.41, 5.74) is -0.0307. The number of nitrogens with one attached hydrogen (secondary N) is 1. The Hall–Kier alpha value is -0.900. The van der Waals surface area contributed by atoms with Gasteiger partial charge in [0.2, 0.25) is 5.89 Å². The quantitative estimate of drug-likeness (QED) is 0.766. The molecule has 1 aliphatic rings. The summed E-state index contributed by atoms with van der Waals surface area (Å²) >= 11 is 0. The molecule has 1 aromatic heterocycles. The van der Waals surface area contributed by atoms with E-state index in [0.717, 1.165) is 24.7 Å². The highest BCUT2D eigenvalue weighted by atomic mass is 16.5. The third-order valence-corrected chi connectivity index (χ3v) is 2.95. The summed E-state index contributed by atoms with van der Waals surface area (Å²) in [5, 5.41) is 7.44. The second-order valence-corrected chi connectivity index (χ2v) is 5.34. The normalized spacial score (nSPS) is 27.2. The van der Waals surface area contributed by atoms with E-state index in [4.69, 9.17) is 4.52 Å². The van der Waals surface area contributed by atoms with E-state index in [0.29, 0.717) is 12.0 Å². The molecule has 1 fully saturated rings. The molecule has 0 bridgehead atoms. The molecule has 1 aromatic rings. The summed E-state index contributed by atoms with van der Waals surface area (Å²) in [5.74, 6) is 1.97. The van der Waals surface area contributed by atoms with Gasteiger partial charge in [-0.25, -0.2) is 0 Å². The average Bonchev–Trinajstić information content (AvgIpc) is 2.69. The van der Waals surface area contributed by atoms with Gasteiger partial charge in [-0.15, -0.1) is 0 Å². The molecule has 4 heteroatoms. The van der Waals surface area contributed by atoms with Gasteiger partial charge in [0.05, 0.1) is 5.92 Å². The second kappa shape index (κ2) is 3.59. The second-order valence-electron chi connectivity index (χ2n) is 5.34. The maximum atomic E-state index is 5.34. The van der Waals surface area contributed by atoms with Crippen LogP contribution in [0.15, 0.2) is 4.52 Å². The van der Waals surface area contributed by atoms with Gasteiger partial charge >= 0.3 is 0 Å². The Morgan fingerprint density at radius 3 is 2.60 bits per heavy atom. The van der Waals surface area contributed by atoms with E-state index in [2.05, 4.69) is 43.2 Å². The van der Waals surface area contributed by atoms with Gasteiger partial charge in [-0.2, -0.15) is 4.98 Å². The van der Waals surface area contributed by atoms with Gasteiger partial charge < -0.3 is 9.84 Å². The first-order chi connectivity index (χ1) is 6.98. The molecule has 2 heterocycles. The lowest BCUT2D eigenvalue weighted by atomic mass is 9.96. The van der Waals surface area contributed by atoms with E-state index in [9.17, 15) is 0 Å². The van der Waals surface area contributed by atoms with Crippen LogP contribution in [0.3, 0.4) is 0 Å². The van der Waals surface area contributed by atoms with Crippen molar-refractivity contribution in [3.8, 4) is 0 Å². The minimum atomic E-state index is -0.0307. The van der Waals surface area contributed by atoms with Crippen LogP contribution in [-0.2, 0) is 5.41 Å². The van der Waals surface area contributed by atoms with Crippen molar-refractivity contribution in [2.75, 3.05) is 6.54 Å². The molecule has 0 spiro atoms. The fourth-order valence-electron chi connectivity index (χ4n) is 1.89. The van der Waals surface area contributed by atoms with Gasteiger partial charge in [-0.3, -0.25) is 0 Å². The number of nitrogens with zero attached hydrogens (tertiary/aromatic N) is 2. The van der Waals surface area contributed by atoms with Gasteiger partial charge in [-0.1, -0.05) is 25.9 Å². The third kappa shape index (κ3) is 2.04. The lowest BCUT2D eigenvalue weighted by Gasteiger charge is -2.12. The van der Waals surface area contributed by atoms with Gasteiger partial charge in [-0.05, 0) is 19.9 Å². The molecule has 84 valence electrons. The Labute approximate surface area is 90.4 Å². The van der Waals surface area contributed by atoms with E-state index in [1.807, 2.05) is 0 Å². The van der Waals surface area contributed by atoms with Crippen molar-refractivity contribution in [3.05, 3.63) is 11.7 Å². The Morgan fingerprint density at radius 2 is 2.13 bits per heavy atom. The van der Waals surface area contributed by atoms with Gasteiger partial charge in [0, 0.05) is 11.5 Å². The lowest BCUT2D eigenvalue weighted by Crippen LogP contribution is -2.22. The molecule has 0 amide bonds. The van der Waals surface area contributed by atoms with Gasteiger partial charge in [0.15, 0.2) is 5.82 Å². The predicted molar refractivity (Wildman–Crippen MR) is 57.8 cm³/mol. The molecule has 4 nitrogen and oxygen atoms in total. The maximum absolute atomic E-state index is 5.34. The molecule has 1 saturated heterocycles. The zero-order chi connectivity index (χ0) is 11.1. The molecular weight excluding hydrogens is 190 g/mol. The largest absolute Gasteiger partial charge is 0.339 e. The van der Waals surface area contributed by atoms with E-state index in [1.165, 1.54) is 0 Å². The zero-order valence-electron chi connectivity index (χ0n) is 9.87. The SMILES string of the molecule is CC1NCCC1c1nc(C(C)(C)C)no1. The predicted octanol–water partition coefficient (Wildman–Crippen LogP) is 1.83. The van der Waals surface area contributed by atoms with Crippen molar-refractivity contribution in [1.82, 2.24) is 15.5 Å². The summed E-state index contributed by atoms with van der Waals surface area (Å²) in [4.78, 5) is 4.50. The van der Waals surface area contributed by atoms with Crippen molar-refractivity contribution in [3.63, 3.8) is 0 Å². The molecule has 0 aromatic carbocycles. The minimum absolute atomic E-state index is 0.0307. The molecule has 1 aliphatic heterocycles. The average molecular weight is 209 g/mol. The van der Waals surface area contributed by atoms with Crippen LogP contribution >= 0.6 is 0 Å². The Morgan fingerprint density at radius 1 is 1.40 bits per heavy atom. The van der Waals surface area contributed by atoms with Crippen LogP contribution in [0.1, 0.15) is 51.7 Å². The van der Waals surface area contributed by atoms with Crippen molar-refractivity contribution >= 4 is 0 Å². The Balaban J connectivity index is 2.20. The molecule has 2 atom stereocenters. The monoisotopic (exact) mass is 209 g/mol. The van der Waals surface area contributed by atoms with E-state index >= 15 is 0 Å². The van der Waals surface area contributed by atoms with Crippen molar-refractivity contribution in [2.45, 2.75) is 51.5 Å². The first kappa shape index (κ1) is 10.6. The fraction of sp³-hybridized carbons (Fsp3) is 0.818. The summed E-state index contributed by atoms with van der Waals surface area (Å²) in [6.07, 6.45) is 1.09. The third-order valence-electron chi connectivity index (χ3n) is 2.95. The van der Waals surface area contributed by atoms with Crippen LogP contribution < -0.4 is 5.32 Å². The van der Waals surface area contributed by atoms with Crippen LogP contribution in [0.5, 0.6) is 0 Å². The standard InChI is InChI=1S/C11H19N3O/c1-7-8(5-6-12-7)9-13-10(14-15-9)11(2,3)4/h7-8,12H,5-6H2,1-4H3. The molecule has 0 radical (unpaired) electrons. The van der Waals surface area contributed by atoms with E-state index < -0.39 is 0 Å². The molecular formula is C11H19N3O. The van der Waals surface area contributed by atoms with Crippen molar-refractivity contribution < 1.29 is 4.52 Å². The van der Waals surface area contributed by atoms with E-state index in [1.54, 1.807) is 0 Å². The highest BCUT2D eigenvalue weighted by Gasteiger charge is 2.31. The highest BCUT2D eigenvalue weighted by Crippen LogP contribution is 2.28. The molecule has 0 aliphatic carbocycles. The van der Waals surface area contributed by atoms with Crippen LogP contribution in [0.25, 0.3) is 0 Å². The smallest absolute Gasteiger partial charge is 0.231 e.